The molecule has 5 rings (SSSR count). The van der Waals surface area contributed by atoms with Gasteiger partial charge in [0.25, 0.3) is 0 Å². The lowest BCUT2D eigenvalue weighted by Crippen LogP contribution is -2.54. The Hall–Kier alpha value is -2.28. The fourth-order valence-electron chi connectivity index (χ4n) is 4.98. The zero-order valence-corrected chi connectivity index (χ0v) is 13.9. The number of benzene rings is 1. The summed E-state index contributed by atoms with van der Waals surface area (Å²) < 4.78 is 22.2. The van der Waals surface area contributed by atoms with Crippen LogP contribution in [-0.4, -0.2) is 49.4 Å². The van der Waals surface area contributed by atoms with E-state index in [0.29, 0.717) is 32.4 Å². The van der Waals surface area contributed by atoms with Crippen LogP contribution in [-0.2, 0) is 26.3 Å². The molecule has 3 heterocycles. The van der Waals surface area contributed by atoms with Crippen LogP contribution in [0.15, 0.2) is 12.1 Å². The molecule has 3 atom stereocenters. The molecule has 1 saturated heterocycles. The Kier molecular flexibility index (Phi) is 3.07. The summed E-state index contributed by atoms with van der Waals surface area (Å²) in [6.07, 6.45) is 0.959. The molecular formula is C18H19NO6. The third-order valence-corrected chi connectivity index (χ3v) is 6.10. The van der Waals surface area contributed by atoms with Crippen molar-refractivity contribution in [2.24, 2.45) is 0 Å². The summed E-state index contributed by atoms with van der Waals surface area (Å²) in [4.78, 5) is 26.1. The molecule has 1 aromatic rings. The van der Waals surface area contributed by atoms with Crippen LogP contribution in [0.2, 0.25) is 0 Å². The molecule has 1 amide bonds. The molecule has 1 saturated carbocycles. The van der Waals surface area contributed by atoms with Gasteiger partial charge in [0.2, 0.25) is 6.79 Å². The molecule has 3 aliphatic heterocycles. The number of likely N-dealkylation sites (tertiary alicyclic amines) is 1. The number of ether oxygens (including phenoxy) is 4. The summed E-state index contributed by atoms with van der Waals surface area (Å²) in [6, 6.07) is 3.75. The lowest BCUT2D eigenvalue weighted by atomic mass is 9.62. The normalized spacial score (nSPS) is 32.0. The van der Waals surface area contributed by atoms with Crippen molar-refractivity contribution in [3.63, 3.8) is 0 Å². The number of carbonyl (C=O) groups excluding carboxylic acids is 2. The van der Waals surface area contributed by atoms with E-state index in [1.807, 2.05) is 12.1 Å². The van der Waals surface area contributed by atoms with E-state index in [0.717, 1.165) is 22.6 Å². The van der Waals surface area contributed by atoms with Crippen LogP contribution in [0.25, 0.3) is 0 Å². The summed E-state index contributed by atoms with van der Waals surface area (Å²) in [7, 11) is 1.37. The lowest BCUT2D eigenvalue weighted by Gasteiger charge is -2.46. The van der Waals surface area contributed by atoms with E-state index in [9.17, 15) is 9.59 Å². The maximum Gasteiger partial charge on any atom is 0.409 e. The van der Waals surface area contributed by atoms with Crippen LogP contribution in [0.5, 0.6) is 11.5 Å². The highest BCUT2D eigenvalue weighted by Crippen LogP contribution is 2.54. The van der Waals surface area contributed by atoms with Crippen molar-refractivity contribution in [3.05, 3.63) is 23.3 Å². The van der Waals surface area contributed by atoms with Crippen molar-refractivity contribution in [2.75, 3.05) is 20.4 Å². The number of rotatable bonds is 0. The first-order valence-electron chi connectivity index (χ1n) is 8.54. The number of carbonyl (C=O) groups is 2. The van der Waals surface area contributed by atoms with Crippen LogP contribution in [0.3, 0.4) is 0 Å². The van der Waals surface area contributed by atoms with Crippen LogP contribution < -0.4 is 9.47 Å². The molecule has 25 heavy (non-hydrogen) atoms. The molecule has 0 radical (unpaired) electrons. The second-order valence-electron chi connectivity index (χ2n) is 7.08. The first-order chi connectivity index (χ1) is 12.1. The van der Waals surface area contributed by atoms with Crippen LogP contribution in [0, 0.1) is 0 Å². The van der Waals surface area contributed by atoms with Crippen LogP contribution in [0.1, 0.15) is 30.4 Å². The minimum atomic E-state index is -0.403. The van der Waals surface area contributed by atoms with Crippen molar-refractivity contribution in [3.8, 4) is 11.5 Å². The number of amides is 1. The fourth-order valence-corrected chi connectivity index (χ4v) is 4.98. The molecule has 1 spiro atoms. The van der Waals surface area contributed by atoms with Crippen molar-refractivity contribution in [1.29, 1.82) is 0 Å². The smallest absolute Gasteiger partial charge is 0.409 e. The molecule has 0 N–H and O–H groups in total. The highest BCUT2D eigenvalue weighted by atomic mass is 16.7. The number of hydrogen-bond donors (Lipinski definition) is 0. The number of methoxy groups -OCH3 is 1. The standard InChI is InChI=1S/C18H19NO6/c1-22-17(21)19-7-16-18(3-2-11(20)5-15(18)19)12-6-14-13(24-9-25-14)4-10(12)8-23-16/h4,6,15-16H,2-3,5,7-9H2,1H3/t15-,16+,18-/m0/s1. The lowest BCUT2D eigenvalue weighted by molar-refractivity contribution is -0.124. The number of ketones is 1. The number of Topliss-reactive ketones (excluding diaryl/α,β-unsaturated/α-hetero) is 1. The Labute approximate surface area is 144 Å². The van der Waals surface area contributed by atoms with Gasteiger partial charge in [-0.2, -0.15) is 0 Å². The Morgan fingerprint density at radius 2 is 2.12 bits per heavy atom. The van der Waals surface area contributed by atoms with Crippen molar-refractivity contribution >= 4 is 11.9 Å². The monoisotopic (exact) mass is 345 g/mol. The molecule has 4 aliphatic rings. The SMILES string of the molecule is COC(=O)N1C[C@H]2OCc3cc4c(cc3[C@]23CCC(=O)C[C@H]13)OCO4. The third kappa shape index (κ3) is 1.90. The first kappa shape index (κ1) is 15.0. The predicted molar refractivity (Wildman–Crippen MR) is 84.6 cm³/mol. The summed E-state index contributed by atoms with van der Waals surface area (Å²) in [5.41, 5.74) is 1.78. The van der Waals surface area contributed by atoms with Gasteiger partial charge in [-0.25, -0.2) is 4.79 Å². The number of fused-ring (bicyclic) bond motifs is 2. The minimum Gasteiger partial charge on any atom is -0.454 e. The molecule has 0 aromatic heterocycles. The highest BCUT2D eigenvalue weighted by Gasteiger charge is 2.61. The summed E-state index contributed by atoms with van der Waals surface area (Å²) in [6.45, 7) is 1.12. The van der Waals surface area contributed by atoms with Crippen molar-refractivity contribution in [1.82, 2.24) is 4.90 Å². The molecule has 1 aromatic carbocycles. The Bertz CT molecular complexity index is 777. The molecule has 7 heteroatoms. The van der Waals surface area contributed by atoms with Gasteiger partial charge in [0.1, 0.15) is 5.78 Å². The molecule has 0 unspecified atom stereocenters. The average molecular weight is 345 g/mol. The van der Waals surface area contributed by atoms with E-state index >= 15 is 0 Å². The minimum absolute atomic E-state index is 0.141. The summed E-state index contributed by atoms with van der Waals surface area (Å²) >= 11 is 0. The average Bonchev–Trinajstić information content (AvgIpc) is 3.21. The van der Waals surface area contributed by atoms with E-state index in [2.05, 4.69) is 0 Å². The predicted octanol–water partition coefficient (Wildman–Crippen LogP) is 1.76. The maximum absolute atomic E-state index is 12.3. The summed E-state index contributed by atoms with van der Waals surface area (Å²) in [5.74, 6) is 1.63. The van der Waals surface area contributed by atoms with Gasteiger partial charge < -0.3 is 23.8 Å². The Balaban J connectivity index is 1.67. The van der Waals surface area contributed by atoms with E-state index in [4.69, 9.17) is 18.9 Å². The van der Waals surface area contributed by atoms with Gasteiger partial charge >= 0.3 is 6.09 Å². The Morgan fingerprint density at radius 3 is 2.92 bits per heavy atom. The highest BCUT2D eigenvalue weighted by molar-refractivity contribution is 5.82. The van der Waals surface area contributed by atoms with E-state index in [1.165, 1.54) is 7.11 Å². The maximum atomic E-state index is 12.3. The molecular weight excluding hydrogens is 326 g/mol. The van der Waals surface area contributed by atoms with Crippen molar-refractivity contribution < 1.29 is 28.5 Å². The van der Waals surface area contributed by atoms with E-state index in [-0.39, 0.29) is 24.7 Å². The van der Waals surface area contributed by atoms with Crippen LogP contribution >= 0.6 is 0 Å². The molecule has 0 bridgehead atoms. The second-order valence-corrected chi connectivity index (χ2v) is 7.08. The largest absolute Gasteiger partial charge is 0.454 e. The first-order valence-corrected chi connectivity index (χ1v) is 8.54. The van der Waals surface area contributed by atoms with Gasteiger partial charge in [-0.3, -0.25) is 4.79 Å². The van der Waals surface area contributed by atoms with E-state index in [1.54, 1.807) is 4.90 Å². The van der Waals surface area contributed by atoms with Gasteiger partial charge in [-0.05, 0) is 29.7 Å². The van der Waals surface area contributed by atoms with Gasteiger partial charge in [0, 0.05) is 18.3 Å². The second kappa shape index (κ2) is 5.11. The zero-order valence-electron chi connectivity index (χ0n) is 13.9. The van der Waals surface area contributed by atoms with E-state index < -0.39 is 11.5 Å². The molecule has 2 fully saturated rings. The number of nitrogens with zero attached hydrogens (tertiary/aromatic N) is 1. The third-order valence-electron chi connectivity index (χ3n) is 6.10. The van der Waals surface area contributed by atoms with Gasteiger partial charge in [-0.15, -0.1) is 0 Å². The quantitative estimate of drug-likeness (QED) is 0.713. The van der Waals surface area contributed by atoms with Gasteiger partial charge in [0.15, 0.2) is 11.5 Å². The van der Waals surface area contributed by atoms with Gasteiger partial charge in [-0.1, -0.05) is 0 Å². The zero-order chi connectivity index (χ0) is 17.2. The number of hydrogen-bond acceptors (Lipinski definition) is 6. The topological polar surface area (TPSA) is 74.3 Å². The van der Waals surface area contributed by atoms with Gasteiger partial charge in [0.05, 0.1) is 32.4 Å². The van der Waals surface area contributed by atoms with Crippen LogP contribution in [0.4, 0.5) is 4.79 Å². The fraction of sp³-hybridized carbons (Fsp3) is 0.556. The molecule has 1 aliphatic carbocycles. The Morgan fingerprint density at radius 1 is 1.32 bits per heavy atom. The summed E-state index contributed by atoms with van der Waals surface area (Å²) in [5, 5.41) is 0. The van der Waals surface area contributed by atoms with Crippen molar-refractivity contribution in [2.45, 2.75) is 43.4 Å². The molecule has 132 valence electrons. The molecule has 7 nitrogen and oxygen atoms in total.